The number of ether oxygens (including phenoxy) is 1. The number of anilines is 1. The number of carbonyl (C=O) groups excluding carboxylic acids is 1. The van der Waals surface area contributed by atoms with Gasteiger partial charge in [0.1, 0.15) is 11.6 Å². The summed E-state index contributed by atoms with van der Waals surface area (Å²) in [7, 11) is 1.55. The Morgan fingerprint density at radius 3 is 2.88 bits per heavy atom. The Morgan fingerprint density at radius 2 is 2.15 bits per heavy atom. The van der Waals surface area contributed by atoms with Crippen LogP contribution in [0.1, 0.15) is 23.6 Å². The fraction of sp³-hybridized carbons (Fsp3) is 0.263. The number of imidazole rings is 1. The summed E-state index contributed by atoms with van der Waals surface area (Å²) in [5.74, 6) is 1.62. The third kappa shape index (κ3) is 4.14. The quantitative estimate of drug-likeness (QED) is 0.624. The van der Waals surface area contributed by atoms with Gasteiger partial charge in [0.2, 0.25) is 5.91 Å². The van der Waals surface area contributed by atoms with Crippen molar-refractivity contribution >= 4 is 46.0 Å². The highest BCUT2D eigenvalue weighted by Gasteiger charge is 2.15. The number of carbonyl (C=O) groups is 1. The molecule has 0 aliphatic rings. The second-order valence-electron chi connectivity index (χ2n) is 5.94. The molecule has 0 aliphatic heterocycles. The van der Waals surface area contributed by atoms with Crippen LogP contribution in [0.25, 0.3) is 11.0 Å². The maximum Gasteiger partial charge on any atom is 0.234 e. The van der Waals surface area contributed by atoms with Crippen LogP contribution in [0, 0.1) is 6.92 Å². The van der Waals surface area contributed by atoms with E-state index in [0.717, 1.165) is 22.4 Å². The lowest BCUT2D eigenvalue weighted by Crippen LogP contribution is -2.15. The predicted octanol–water partition coefficient (Wildman–Crippen LogP) is 4.97. The number of aromatic nitrogens is 2. The molecule has 7 heteroatoms. The highest BCUT2D eigenvalue weighted by molar-refractivity contribution is 8.00. The van der Waals surface area contributed by atoms with Gasteiger partial charge in [-0.15, -0.1) is 11.8 Å². The molecule has 0 aliphatic carbocycles. The summed E-state index contributed by atoms with van der Waals surface area (Å²) >= 11 is 7.62. The van der Waals surface area contributed by atoms with Gasteiger partial charge in [0.05, 0.1) is 34.8 Å². The third-order valence-electron chi connectivity index (χ3n) is 4.01. The molecule has 5 nitrogen and oxygen atoms in total. The summed E-state index contributed by atoms with van der Waals surface area (Å²) in [5, 5.41) is 3.56. The van der Waals surface area contributed by atoms with Crippen LogP contribution in [0.15, 0.2) is 36.4 Å². The lowest BCUT2D eigenvalue weighted by Gasteiger charge is -2.13. The van der Waals surface area contributed by atoms with Gasteiger partial charge in [0.25, 0.3) is 0 Å². The molecular formula is C19H20ClN3O2S. The van der Waals surface area contributed by atoms with Crippen molar-refractivity contribution < 1.29 is 9.53 Å². The standard InChI is InChI=1S/C19H20ClN3O2S/c1-11-8-16(17(25-3)9-13(11)20)21-18(24)10-26-12(2)19-22-14-6-4-5-7-15(14)23-19/h4-9,12H,10H2,1-3H3,(H,21,24)(H,22,23). The van der Waals surface area contributed by atoms with Gasteiger partial charge in [0, 0.05) is 11.1 Å². The zero-order valence-electron chi connectivity index (χ0n) is 14.8. The Kier molecular flexibility index (Phi) is 5.74. The molecule has 2 aromatic carbocycles. The van der Waals surface area contributed by atoms with Gasteiger partial charge in [-0.3, -0.25) is 4.79 Å². The Morgan fingerprint density at radius 1 is 1.38 bits per heavy atom. The minimum absolute atomic E-state index is 0.0713. The van der Waals surface area contributed by atoms with E-state index in [9.17, 15) is 4.79 Å². The van der Waals surface area contributed by atoms with Crippen LogP contribution >= 0.6 is 23.4 Å². The first-order valence-electron chi connectivity index (χ1n) is 8.18. The van der Waals surface area contributed by atoms with Gasteiger partial charge in [-0.2, -0.15) is 0 Å². The molecule has 0 saturated heterocycles. The highest BCUT2D eigenvalue weighted by atomic mass is 35.5. The Labute approximate surface area is 161 Å². The van der Waals surface area contributed by atoms with Crippen LogP contribution < -0.4 is 10.1 Å². The van der Waals surface area contributed by atoms with E-state index >= 15 is 0 Å². The number of aromatic amines is 1. The Bertz CT molecular complexity index is 909. The van der Waals surface area contributed by atoms with Crippen molar-refractivity contribution in [2.24, 2.45) is 0 Å². The number of aryl methyl sites for hydroxylation is 1. The second kappa shape index (κ2) is 8.01. The molecule has 0 spiro atoms. The number of thioether (sulfide) groups is 1. The smallest absolute Gasteiger partial charge is 0.234 e. The predicted molar refractivity (Wildman–Crippen MR) is 108 cm³/mol. The lowest BCUT2D eigenvalue weighted by molar-refractivity contribution is -0.113. The van der Waals surface area contributed by atoms with E-state index in [4.69, 9.17) is 16.3 Å². The van der Waals surface area contributed by atoms with Gasteiger partial charge in [-0.05, 0) is 37.6 Å². The van der Waals surface area contributed by atoms with Gasteiger partial charge in [-0.25, -0.2) is 4.98 Å². The first-order chi connectivity index (χ1) is 12.5. The van der Waals surface area contributed by atoms with Crippen LogP contribution in [0.2, 0.25) is 5.02 Å². The van der Waals surface area contributed by atoms with Gasteiger partial charge in [-0.1, -0.05) is 23.7 Å². The molecule has 26 heavy (non-hydrogen) atoms. The van der Waals surface area contributed by atoms with E-state index in [0.29, 0.717) is 22.2 Å². The summed E-state index contributed by atoms with van der Waals surface area (Å²) in [6, 6.07) is 11.4. The number of hydrogen-bond donors (Lipinski definition) is 2. The molecule has 3 aromatic rings. The third-order valence-corrected chi connectivity index (χ3v) is 5.57. The van der Waals surface area contributed by atoms with E-state index in [1.807, 2.05) is 44.2 Å². The molecule has 1 amide bonds. The van der Waals surface area contributed by atoms with E-state index in [-0.39, 0.29) is 11.2 Å². The minimum Gasteiger partial charge on any atom is -0.495 e. The van der Waals surface area contributed by atoms with Gasteiger partial charge >= 0.3 is 0 Å². The molecule has 0 fully saturated rings. The zero-order chi connectivity index (χ0) is 18.7. The first-order valence-corrected chi connectivity index (χ1v) is 9.61. The number of rotatable bonds is 6. The summed E-state index contributed by atoms with van der Waals surface area (Å²) in [5.41, 5.74) is 3.43. The average Bonchev–Trinajstić information content (AvgIpc) is 3.06. The molecule has 1 atom stereocenters. The minimum atomic E-state index is -0.0991. The molecule has 0 saturated carbocycles. The summed E-state index contributed by atoms with van der Waals surface area (Å²) in [6.07, 6.45) is 0. The van der Waals surface area contributed by atoms with E-state index < -0.39 is 0 Å². The Hall–Kier alpha value is -2.18. The van der Waals surface area contributed by atoms with Gasteiger partial charge in [0.15, 0.2) is 0 Å². The van der Waals surface area contributed by atoms with Crippen LogP contribution in [-0.2, 0) is 4.79 Å². The summed E-state index contributed by atoms with van der Waals surface area (Å²) in [4.78, 5) is 20.2. The number of halogens is 1. The normalized spacial score (nSPS) is 12.2. The van der Waals surface area contributed by atoms with Crippen LogP contribution in [0.5, 0.6) is 5.75 Å². The first kappa shape index (κ1) is 18.6. The average molecular weight is 390 g/mol. The molecule has 0 bridgehead atoms. The molecule has 1 unspecified atom stereocenters. The van der Waals surface area contributed by atoms with Crippen molar-refractivity contribution in [1.29, 1.82) is 0 Å². The molecular weight excluding hydrogens is 370 g/mol. The topological polar surface area (TPSA) is 67.0 Å². The number of nitrogens with zero attached hydrogens (tertiary/aromatic N) is 1. The van der Waals surface area contributed by atoms with Crippen molar-refractivity contribution in [1.82, 2.24) is 9.97 Å². The number of benzene rings is 2. The lowest BCUT2D eigenvalue weighted by atomic mass is 10.2. The van der Waals surface area contributed by atoms with Crippen molar-refractivity contribution in [3.05, 3.63) is 52.8 Å². The van der Waals surface area contributed by atoms with Crippen LogP contribution in [-0.4, -0.2) is 28.7 Å². The fourth-order valence-electron chi connectivity index (χ4n) is 2.56. The summed E-state index contributed by atoms with van der Waals surface area (Å²) in [6.45, 7) is 3.92. The number of methoxy groups -OCH3 is 1. The molecule has 3 rings (SSSR count). The number of nitrogens with one attached hydrogen (secondary N) is 2. The summed E-state index contributed by atoms with van der Waals surface area (Å²) < 4.78 is 5.29. The molecule has 136 valence electrons. The maximum atomic E-state index is 12.3. The second-order valence-corrected chi connectivity index (χ2v) is 7.68. The van der Waals surface area contributed by atoms with Crippen molar-refractivity contribution in [2.75, 3.05) is 18.2 Å². The Balaban J connectivity index is 1.62. The number of fused-ring (bicyclic) bond motifs is 1. The largest absolute Gasteiger partial charge is 0.495 e. The number of hydrogen-bond acceptors (Lipinski definition) is 4. The molecule has 0 radical (unpaired) electrons. The maximum absolute atomic E-state index is 12.3. The van der Waals surface area contributed by atoms with Gasteiger partial charge < -0.3 is 15.0 Å². The monoisotopic (exact) mass is 389 g/mol. The molecule has 2 N–H and O–H groups in total. The molecule has 1 aromatic heterocycles. The number of para-hydroxylation sites is 2. The van der Waals surface area contributed by atoms with Crippen LogP contribution in [0.4, 0.5) is 5.69 Å². The van der Waals surface area contributed by atoms with Crippen molar-refractivity contribution in [3.8, 4) is 5.75 Å². The number of H-pyrrole nitrogens is 1. The van der Waals surface area contributed by atoms with Crippen molar-refractivity contribution in [3.63, 3.8) is 0 Å². The van der Waals surface area contributed by atoms with Crippen LogP contribution in [0.3, 0.4) is 0 Å². The van der Waals surface area contributed by atoms with E-state index in [1.165, 1.54) is 11.8 Å². The van der Waals surface area contributed by atoms with E-state index in [2.05, 4.69) is 15.3 Å². The fourth-order valence-corrected chi connectivity index (χ4v) is 3.46. The molecule has 1 heterocycles. The zero-order valence-corrected chi connectivity index (χ0v) is 16.4. The van der Waals surface area contributed by atoms with E-state index in [1.54, 1.807) is 13.2 Å². The van der Waals surface area contributed by atoms with Crippen molar-refractivity contribution in [2.45, 2.75) is 19.1 Å². The SMILES string of the molecule is COc1cc(Cl)c(C)cc1NC(=O)CSC(C)c1nc2ccccc2[nH]1. The highest BCUT2D eigenvalue weighted by Crippen LogP contribution is 2.32. The number of amides is 1.